The van der Waals surface area contributed by atoms with Gasteiger partial charge in [-0.2, -0.15) is 0 Å². The van der Waals surface area contributed by atoms with E-state index >= 15 is 0 Å². The van der Waals surface area contributed by atoms with E-state index in [0.29, 0.717) is 12.5 Å². The number of hydrogen-bond donors (Lipinski definition) is 1. The Morgan fingerprint density at radius 1 is 1.37 bits per heavy atom. The molecule has 4 heteroatoms. The Morgan fingerprint density at radius 2 is 2.11 bits per heavy atom. The normalized spacial score (nSPS) is 23.9. The van der Waals surface area contributed by atoms with Gasteiger partial charge in [0, 0.05) is 19.1 Å². The van der Waals surface area contributed by atoms with Gasteiger partial charge in [-0.1, -0.05) is 30.3 Å². The van der Waals surface area contributed by atoms with Crippen LogP contribution in [0.5, 0.6) is 0 Å². The van der Waals surface area contributed by atoms with Crippen LogP contribution in [0.1, 0.15) is 24.8 Å². The molecule has 1 aromatic carbocycles. The van der Waals surface area contributed by atoms with Crippen LogP contribution in [-0.2, 0) is 4.74 Å². The van der Waals surface area contributed by atoms with Crippen LogP contribution >= 0.6 is 0 Å². The molecule has 1 saturated heterocycles. The Morgan fingerprint density at radius 3 is 2.79 bits per heavy atom. The van der Waals surface area contributed by atoms with Crippen molar-refractivity contribution in [2.75, 3.05) is 26.7 Å². The largest absolute Gasteiger partial charge is 0.450 e. The second-order valence-electron chi connectivity index (χ2n) is 5.13. The minimum atomic E-state index is -0.311. The fourth-order valence-corrected chi connectivity index (χ4v) is 2.73. The molecule has 0 bridgehead atoms. The average Bonchev–Trinajstić information content (AvgIpc) is 2.39. The second kappa shape index (κ2) is 6.57. The highest BCUT2D eigenvalue weighted by Gasteiger charge is 2.27. The Bertz CT molecular complexity index is 408. The molecule has 0 aromatic heterocycles. The number of alkyl carbamates (subject to hydrolysis) is 1. The van der Waals surface area contributed by atoms with Gasteiger partial charge in [0.05, 0.1) is 6.61 Å². The summed E-state index contributed by atoms with van der Waals surface area (Å²) >= 11 is 0. The summed E-state index contributed by atoms with van der Waals surface area (Å²) in [6.07, 6.45) is 0.655. The van der Waals surface area contributed by atoms with Gasteiger partial charge in [0.25, 0.3) is 0 Å². The van der Waals surface area contributed by atoms with E-state index in [0.717, 1.165) is 19.5 Å². The van der Waals surface area contributed by atoms with Crippen molar-refractivity contribution in [2.24, 2.45) is 0 Å². The van der Waals surface area contributed by atoms with Crippen molar-refractivity contribution in [3.05, 3.63) is 35.9 Å². The molecule has 0 aliphatic carbocycles. The van der Waals surface area contributed by atoms with E-state index in [2.05, 4.69) is 41.5 Å². The first-order valence-electron chi connectivity index (χ1n) is 6.85. The zero-order chi connectivity index (χ0) is 13.7. The van der Waals surface area contributed by atoms with Gasteiger partial charge in [-0.3, -0.25) is 0 Å². The molecule has 2 unspecified atom stereocenters. The fraction of sp³-hybridized carbons (Fsp3) is 0.533. The van der Waals surface area contributed by atoms with Crippen LogP contribution in [0.15, 0.2) is 30.3 Å². The summed E-state index contributed by atoms with van der Waals surface area (Å²) in [4.78, 5) is 13.8. The van der Waals surface area contributed by atoms with Crippen molar-refractivity contribution in [1.29, 1.82) is 0 Å². The van der Waals surface area contributed by atoms with Crippen LogP contribution in [-0.4, -0.2) is 43.8 Å². The Hall–Kier alpha value is -1.55. The molecular weight excluding hydrogens is 240 g/mol. The minimum absolute atomic E-state index is 0.156. The fourth-order valence-electron chi connectivity index (χ4n) is 2.73. The van der Waals surface area contributed by atoms with E-state index in [1.807, 2.05) is 13.0 Å². The third-order valence-corrected chi connectivity index (χ3v) is 3.50. The monoisotopic (exact) mass is 262 g/mol. The van der Waals surface area contributed by atoms with Crippen LogP contribution in [0, 0.1) is 0 Å². The van der Waals surface area contributed by atoms with Gasteiger partial charge in [0.2, 0.25) is 0 Å². The Kier molecular flexibility index (Phi) is 4.80. The molecule has 1 N–H and O–H groups in total. The zero-order valence-electron chi connectivity index (χ0n) is 11.6. The lowest BCUT2D eigenvalue weighted by atomic mass is 9.88. The molecule has 0 radical (unpaired) electrons. The lowest BCUT2D eigenvalue weighted by Crippen LogP contribution is -2.48. The Balaban J connectivity index is 1.98. The molecule has 1 aromatic rings. The summed E-state index contributed by atoms with van der Waals surface area (Å²) in [5.41, 5.74) is 1.34. The molecule has 1 aliphatic rings. The first-order chi connectivity index (χ1) is 9.19. The van der Waals surface area contributed by atoms with E-state index in [1.54, 1.807) is 0 Å². The summed E-state index contributed by atoms with van der Waals surface area (Å²) in [7, 11) is 2.09. The molecular formula is C15H22N2O2. The van der Waals surface area contributed by atoms with Crippen molar-refractivity contribution >= 4 is 6.09 Å². The lowest BCUT2D eigenvalue weighted by molar-refractivity contribution is 0.135. The van der Waals surface area contributed by atoms with E-state index < -0.39 is 0 Å². The predicted molar refractivity (Wildman–Crippen MR) is 75.2 cm³/mol. The molecule has 1 aliphatic heterocycles. The van der Waals surface area contributed by atoms with Gasteiger partial charge < -0.3 is 15.0 Å². The number of carbonyl (C=O) groups excluding carboxylic acids is 1. The van der Waals surface area contributed by atoms with Gasteiger partial charge in [0.15, 0.2) is 0 Å². The molecule has 1 fully saturated rings. The van der Waals surface area contributed by atoms with Gasteiger partial charge in [-0.25, -0.2) is 4.79 Å². The SMILES string of the molecule is CCOC(=O)NC1CC(c2ccccc2)CN(C)C1. The number of amides is 1. The molecule has 1 amide bonds. The standard InChI is InChI=1S/C15H22N2O2/c1-3-19-15(18)16-14-9-13(10-17(2)11-14)12-7-5-4-6-8-12/h4-8,13-14H,3,9-11H2,1-2H3,(H,16,18). The summed E-state index contributed by atoms with van der Waals surface area (Å²) < 4.78 is 4.95. The quantitative estimate of drug-likeness (QED) is 0.908. The number of likely N-dealkylation sites (N-methyl/N-ethyl adjacent to an activating group) is 1. The van der Waals surface area contributed by atoms with E-state index in [-0.39, 0.29) is 12.1 Å². The molecule has 4 nitrogen and oxygen atoms in total. The topological polar surface area (TPSA) is 41.6 Å². The summed E-state index contributed by atoms with van der Waals surface area (Å²) in [6, 6.07) is 10.6. The average molecular weight is 262 g/mol. The van der Waals surface area contributed by atoms with Crippen LogP contribution in [0.2, 0.25) is 0 Å². The third-order valence-electron chi connectivity index (χ3n) is 3.50. The first-order valence-corrected chi connectivity index (χ1v) is 6.85. The summed E-state index contributed by atoms with van der Waals surface area (Å²) in [5.74, 6) is 0.465. The highest BCUT2D eigenvalue weighted by Crippen LogP contribution is 2.26. The maximum atomic E-state index is 11.5. The number of piperidine rings is 1. The maximum Gasteiger partial charge on any atom is 0.407 e. The smallest absolute Gasteiger partial charge is 0.407 e. The van der Waals surface area contributed by atoms with E-state index in [9.17, 15) is 4.79 Å². The van der Waals surface area contributed by atoms with Crippen LogP contribution in [0.25, 0.3) is 0 Å². The van der Waals surface area contributed by atoms with Crippen LogP contribution in [0.4, 0.5) is 4.79 Å². The first kappa shape index (κ1) is 13.9. The molecule has 19 heavy (non-hydrogen) atoms. The molecule has 0 saturated carbocycles. The summed E-state index contributed by atoms with van der Waals surface area (Å²) in [5, 5.41) is 2.95. The Labute approximate surface area is 114 Å². The van der Waals surface area contributed by atoms with E-state index in [1.165, 1.54) is 5.56 Å². The number of rotatable bonds is 3. The van der Waals surface area contributed by atoms with Gasteiger partial charge in [-0.05, 0) is 31.9 Å². The van der Waals surface area contributed by atoms with Crippen molar-refractivity contribution in [2.45, 2.75) is 25.3 Å². The molecule has 2 atom stereocenters. The summed E-state index contributed by atoms with van der Waals surface area (Å²) in [6.45, 7) is 4.14. The van der Waals surface area contributed by atoms with Crippen molar-refractivity contribution < 1.29 is 9.53 Å². The number of likely N-dealkylation sites (tertiary alicyclic amines) is 1. The number of nitrogens with one attached hydrogen (secondary N) is 1. The third kappa shape index (κ3) is 3.96. The van der Waals surface area contributed by atoms with Crippen LogP contribution < -0.4 is 5.32 Å². The molecule has 104 valence electrons. The highest BCUT2D eigenvalue weighted by atomic mass is 16.5. The van der Waals surface area contributed by atoms with Crippen LogP contribution in [0.3, 0.4) is 0 Å². The highest BCUT2D eigenvalue weighted by molar-refractivity contribution is 5.67. The molecule has 0 spiro atoms. The number of benzene rings is 1. The van der Waals surface area contributed by atoms with E-state index in [4.69, 9.17) is 4.74 Å². The van der Waals surface area contributed by atoms with Gasteiger partial charge in [-0.15, -0.1) is 0 Å². The van der Waals surface area contributed by atoms with Gasteiger partial charge >= 0.3 is 6.09 Å². The number of nitrogens with zero attached hydrogens (tertiary/aromatic N) is 1. The molecule has 2 rings (SSSR count). The molecule has 1 heterocycles. The lowest BCUT2D eigenvalue weighted by Gasteiger charge is -2.36. The van der Waals surface area contributed by atoms with Crippen molar-refractivity contribution in [1.82, 2.24) is 10.2 Å². The zero-order valence-corrected chi connectivity index (χ0v) is 11.6. The van der Waals surface area contributed by atoms with Crippen molar-refractivity contribution in [3.8, 4) is 0 Å². The predicted octanol–water partition coefficient (Wildman–Crippen LogP) is 2.22. The number of ether oxygens (including phenoxy) is 1. The second-order valence-corrected chi connectivity index (χ2v) is 5.13. The number of hydrogen-bond acceptors (Lipinski definition) is 3. The van der Waals surface area contributed by atoms with Gasteiger partial charge in [0.1, 0.15) is 0 Å². The minimum Gasteiger partial charge on any atom is -0.450 e. The number of carbonyl (C=O) groups is 1. The maximum absolute atomic E-state index is 11.5. The van der Waals surface area contributed by atoms with Crippen molar-refractivity contribution in [3.63, 3.8) is 0 Å².